The van der Waals surface area contributed by atoms with Gasteiger partial charge in [0.15, 0.2) is 0 Å². The van der Waals surface area contributed by atoms with Gasteiger partial charge in [-0.3, -0.25) is 18.4 Å². The van der Waals surface area contributed by atoms with Gasteiger partial charge in [0.2, 0.25) is 11.9 Å². The largest absolute Gasteiger partial charge is 0.268 e. The molecule has 0 unspecified atom stereocenters. The molecule has 10 heteroatoms. The molecule has 0 amide bonds. The van der Waals surface area contributed by atoms with Crippen LogP contribution in [0.15, 0.2) is 58.4 Å². The van der Waals surface area contributed by atoms with Crippen molar-refractivity contribution in [2.24, 2.45) is 0 Å². The smallest absolute Gasteiger partial charge is 0.264 e. The van der Waals surface area contributed by atoms with Gasteiger partial charge in [-0.05, 0) is 24.3 Å². The van der Waals surface area contributed by atoms with Crippen LogP contribution in [0.25, 0.3) is 65.7 Å². The zero-order valence-electron chi connectivity index (χ0n) is 16.9. The maximum atomic E-state index is 13.9. The summed E-state index contributed by atoms with van der Waals surface area (Å²) in [5.74, 6) is -1.43. The predicted octanol–water partition coefficient (Wildman–Crippen LogP) is 3.41. The van der Waals surface area contributed by atoms with Gasteiger partial charge in [-0.15, -0.1) is 0 Å². The van der Waals surface area contributed by atoms with E-state index in [1.54, 1.807) is 24.3 Å². The van der Waals surface area contributed by atoms with Gasteiger partial charge in [0, 0.05) is 44.5 Å². The second-order valence-corrected chi connectivity index (χ2v) is 8.21. The molecule has 6 heterocycles. The third kappa shape index (κ3) is 1.89. The summed E-state index contributed by atoms with van der Waals surface area (Å²) in [7, 11) is 0. The molecule has 34 heavy (non-hydrogen) atoms. The van der Waals surface area contributed by atoms with Crippen LogP contribution in [0.3, 0.4) is 0 Å². The molecule has 0 saturated heterocycles. The molecule has 0 atom stereocenters. The van der Waals surface area contributed by atoms with Crippen LogP contribution in [-0.2, 0) is 0 Å². The van der Waals surface area contributed by atoms with Crippen LogP contribution in [0.5, 0.6) is 0 Å². The van der Waals surface area contributed by atoms with Crippen LogP contribution in [0, 0.1) is 11.9 Å². The maximum absolute atomic E-state index is 13.9. The SMILES string of the molecule is O=c1c2ccc3c(=O)n4c5cc(F)ncc5nc4c4ccc(c2c34)c2nc3cnc(F)cc3n12. The highest BCUT2D eigenvalue weighted by atomic mass is 19.1. The molecule has 0 aliphatic carbocycles. The Kier molecular flexibility index (Phi) is 2.88. The van der Waals surface area contributed by atoms with Crippen molar-refractivity contribution >= 4 is 65.7 Å². The average molecular weight is 450 g/mol. The van der Waals surface area contributed by atoms with Crippen molar-refractivity contribution in [3.8, 4) is 0 Å². The highest BCUT2D eigenvalue weighted by Gasteiger charge is 2.22. The normalized spacial score (nSPS) is 12.6. The Morgan fingerprint density at radius 3 is 1.47 bits per heavy atom. The zero-order valence-corrected chi connectivity index (χ0v) is 16.9. The summed E-state index contributed by atoms with van der Waals surface area (Å²) in [4.78, 5) is 43.4. The molecule has 0 spiro atoms. The van der Waals surface area contributed by atoms with Crippen molar-refractivity contribution in [2.75, 3.05) is 0 Å². The zero-order chi connectivity index (χ0) is 22.9. The molecule has 8 aromatic rings. The van der Waals surface area contributed by atoms with Crippen LogP contribution in [0.2, 0.25) is 0 Å². The van der Waals surface area contributed by atoms with Crippen molar-refractivity contribution in [1.29, 1.82) is 0 Å². The summed E-state index contributed by atoms with van der Waals surface area (Å²) < 4.78 is 30.4. The first-order valence-corrected chi connectivity index (χ1v) is 10.3. The highest BCUT2D eigenvalue weighted by Crippen LogP contribution is 2.36. The number of rotatable bonds is 0. The fourth-order valence-corrected chi connectivity index (χ4v) is 5.15. The second-order valence-electron chi connectivity index (χ2n) is 8.21. The molecule has 8 nitrogen and oxygen atoms in total. The Labute approximate surface area is 185 Å². The number of hydrogen-bond acceptors (Lipinski definition) is 6. The predicted molar refractivity (Wildman–Crippen MR) is 122 cm³/mol. The number of benzene rings is 2. The lowest BCUT2D eigenvalue weighted by molar-refractivity contribution is 0.585. The summed E-state index contributed by atoms with van der Waals surface area (Å²) in [6.07, 6.45) is 2.57. The summed E-state index contributed by atoms with van der Waals surface area (Å²) in [5.41, 5.74) is 1.35. The van der Waals surface area contributed by atoms with E-state index in [-0.39, 0.29) is 11.1 Å². The molecule has 6 aromatic heterocycles. The first-order chi connectivity index (χ1) is 16.5. The van der Waals surface area contributed by atoms with Crippen molar-refractivity contribution < 1.29 is 8.78 Å². The van der Waals surface area contributed by atoms with E-state index in [0.717, 1.165) is 0 Å². The average Bonchev–Trinajstić information content (AvgIpc) is 3.39. The molecule has 0 fully saturated rings. The minimum atomic E-state index is -0.713. The number of hydrogen-bond donors (Lipinski definition) is 0. The summed E-state index contributed by atoms with van der Waals surface area (Å²) in [5, 5.41) is 3.16. The van der Waals surface area contributed by atoms with E-state index in [9.17, 15) is 18.4 Å². The topological polar surface area (TPSA) is 94.5 Å². The Bertz CT molecular complexity index is 2140. The molecule has 0 saturated carbocycles. The molecule has 0 bridgehead atoms. The Morgan fingerprint density at radius 2 is 1.03 bits per heavy atom. The third-order valence-corrected chi connectivity index (χ3v) is 6.52. The molecular formula is C24H8F2N6O2. The van der Waals surface area contributed by atoms with E-state index in [4.69, 9.17) is 0 Å². The van der Waals surface area contributed by atoms with Gasteiger partial charge >= 0.3 is 0 Å². The Morgan fingerprint density at radius 1 is 0.618 bits per heavy atom. The van der Waals surface area contributed by atoms with E-state index in [1.807, 2.05) is 0 Å². The van der Waals surface area contributed by atoms with Gasteiger partial charge in [-0.1, -0.05) is 0 Å². The number of aromatic nitrogens is 6. The fraction of sp³-hybridized carbons (Fsp3) is 0. The van der Waals surface area contributed by atoms with Gasteiger partial charge in [0.05, 0.1) is 23.4 Å². The molecule has 8 rings (SSSR count). The lowest BCUT2D eigenvalue weighted by Crippen LogP contribution is -2.16. The van der Waals surface area contributed by atoms with Crippen LogP contribution in [0.1, 0.15) is 0 Å². The molecule has 0 aliphatic rings. The van der Waals surface area contributed by atoms with Gasteiger partial charge in [0.1, 0.15) is 22.3 Å². The summed E-state index contributed by atoms with van der Waals surface area (Å²) in [6, 6.07) is 9.13. The lowest BCUT2D eigenvalue weighted by Gasteiger charge is -2.12. The number of imidazole rings is 2. The van der Waals surface area contributed by atoms with Crippen LogP contribution in [0.4, 0.5) is 8.78 Å². The molecule has 0 N–H and O–H groups in total. The first-order valence-electron chi connectivity index (χ1n) is 10.3. The van der Waals surface area contributed by atoms with Gasteiger partial charge in [-0.2, -0.15) is 8.78 Å². The van der Waals surface area contributed by atoms with E-state index in [2.05, 4.69) is 19.9 Å². The number of pyridine rings is 4. The molecule has 160 valence electrons. The van der Waals surface area contributed by atoms with Crippen LogP contribution < -0.4 is 11.1 Å². The standard InChI is InChI=1S/C24H8F2N6O2/c25-17-5-15-13(7-27-17)29-21-9-1-2-10-20-12(4-3-11(19(9)20)23(33)31(15)21)24(34)32-16-6-18(26)28-8-14(16)30-22(10)32/h1-8H. The van der Waals surface area contributed by atoms with Gasteiger partial charge in [-0.25, -0.2) is 19.9 Å². The molecule has 0 radical (unpaired) electrons. The molecule has 0 aliphatic heterocycles. The van der Waals surface area contributed by atoms with E-state index < -0.39 is 11.9 Å². The maximum Gasteiger partial charge on any atom is 0.264 e. The van der Waals surface area contributed by atoms with Crippen molar-refractivity contribution in [3.05, 3.63) is 81.4 Å². The highest BCUT2D eigenvalue weighted by molar-refractivity contribution is 6.27. The quantitative estimate of drug-likeness (QED) is 0.260. The van der Waals surface area contributed by atoms with Gasteiger partial charge in [0.25, 0.3) is 11.1 Å². The first kappa shape index (κ1) is 17.7. The third-order valence-electron chi connectivity index (χ3n) is 6.52. The second kappa shape index (κ2) is 5.54. The fourth-order valence-electron chi connectivity index (χ4n) is 5.15. The Balaban J connectivity index is 1.69. The summed E-state index contributed by atoms with van der Waals surface area (Å²) >= 11 is 0. The van der Waals surface area contributed by atoms with Gasteiger partial charge < -0.3 is 0 Å². The summed E-state index contributed by atoms with van der Waals surface area (Å²) in [6.45, 7) is 0. The van der Waals surface area contributed by atoms with E-state index in [1.165, 1.54) is 33.3 Å². The molecule has 2 aromatic carbocycles. The van der Waals surface area contributed by atoms with E-state index >= 15 is 0 Å². The molecular weight excluding hydrogens is 442 g/mol. The number of nitrogens with zero attached hydrogens (tertiary/aromatic N) is 6. The van der Waals surface area contributed by atoms with Crippen LogP contribution >= 0.6 is 0 Å². The minimum absolute atomic E-state index is 0.318. The van der Waals surface area contributed by atoms with Crippen molar-refractivity contribution in [2.45, 2.75) is 0 Å². The Hall–Kier alpha value is -4.86. The number of halogens is 2. The van der Waals surface area contributed by atoms with Crippen molar-refractivity contribution in [1.82, 2.24) is 28.7 Å². The van der Waals surface area contributed by atoms with Crippen LogP contribution in [-0.4, -0.2) is 28.7 Å². The van der Waals surface area contributed by atoms with Crippen molar-refractivity contribution in [3.63, 3.8) is 0 Å². The van der Waals surface area contributed by atoms with E-state index in [0.29, 0.717) is 65.7 Å². The lowest BCUT2D eigenvalue weighted by atomic mass is 9.96. The number of fused-ring (bicyclic) bond motifs is 8. The minimum Gasteiger partial charge on any atom is -0.268 e. The monoisotopic (exact) mass is 450 g/mol.